The average Bonchev–Trinajstić information content (AvgIpc) is 3.26. The molecule has 6 nitrogen and oxygen atoms in total. The van der Waals surface area contributed by atoms with Crippen LogP contribution in [-0.2, 0) is 28.6 Å². The van der Waals surface area contributed by atoms with E-state index in [9.17, 15) is 14.4 Å². The lowest BCUT2D eigenvalue weighted by Crippen LogP contribution is -2.30. The maximum atomic E-state index is 12.8. The molecule has 0 rings (SSSR count). The predicted molar refractivity (Wildman–Crippen MR) is 261 cm³/mol. The Hall–Kier alpha value is -1.85. The van der Waals surface area contributed by atoms with Crippen molar-refractivity contribution in [1.29, 1.82) is 0 Å². The van der Waals surface area contributed by atoms with Gasteiger partial charge < -0.3 is 14.2 Å². The highest BCUT2D eigenvalue weighted by molar-refractivity contribution is 5.71. The predicted octanol–water partition coefficient (Wildman–Crippen LogP) is 17.8. The van der Waals surface area contributed by atoms with E-state index in [1.165, 1.54) is 199 Å². The molecule has 0 amide bonds. The molecule has 61 heavy (non-hydrogen) atoms. The van der Waals surface area contributed by atoms with Crippen molar-refractivity contribution in [3.05, 3.63) is 12.2 Å². The van der Waals surface area contributed by atoms with Crippen molar-refractivity contribution in [1.82, 2.24) is 0 Å². The molecule has 6 heteroatoms. The van der Waals surface area contributed by atoms with Crippen LogP contribution in [0.4, 0.5) is 0 Å². The number of unbranched alkanes of at least 4 members (excludes halogenated alkanes) is 37. The molecule has 0 aromatic carbocycles. The molecule has 0 saturated carbocycles. The first-order valence-corrected chi connectivity index (χ1v) is 27.2. The summed E-state index contributed by atoms with van der Waals surface area (Å²) in [5.41, 5.74) is 0. The zero-order valence-corrected chi connectivity index (χ0v) is 41.2. The van der Waals surface area contributed by atoms with Crippen LogP contribution >= 0.6 is 0 Å². The monoisotopic (exact) mass is 861 g/mol. The first-order chi connectivity index (χ1) is 30.0. The third-order valence-corrected chi connectivity index (χ3v) is 12.3. The molecule has 0 saturated heterocycles. The van der Waals surface area contributed by atoms with Crippen LogP contribution in [0.1, 0.15) is 303 Å². The first kappa shape index (κ1) is 59.1. The fourth-order valence-electron chi connectivity index (χ4n) is 8.14. The SMILES string of the molecule is CCCCCCCC/C=C\CCCCCCCC(=O)OC[C@H](COC(=O)CCCCCCCCCCCCC)OC(=O)CCCCCCCCCCCCCCCCCCC. The molecule has 1 atom stereocenters. The van der Waals surface area contributed by atoms with Crippen molar-refractivity contribution >= 4 is 17.9 Å². The van der Waals surface area contributed by atoms with Gasteiger partial charge in [-0.1, -0.05) is 251 Å². The van der Waals surface area contributed by atoms with Gasteiger partial charge in [0.25, 0.3) is 0 Å². The third kappa shape index (κ3) is 49.0. The summed E-state index contributed by atoms with van der Waals surface area (Å²) in [6.45, 7) is 6.66. The number of allylic oxidation sites excluding steroid dienone is 2. The van der Waals surface area contributed by atoms with E-state index in [1.807, 2.05) is 0 Å². The van der Waals surface area contributed by atoms with Crippen molar-refractivity contribution in [2.45, 2.75) is 309 Å². The highest BCUT2D eigenvalue weighted by Crippen LogP contribution is 2.17. The van der Waals surface area contributed by atoms with Gasteiger partial charge in [-0.3, -0.25) is 14.4 Å². The Morgan fingerprint density at radius 2 is 0.541 bits per heavy atom. The Kier molecular flexibility index (Phi) is 49.3. The molecule has 0 aromatic rings. The second kappa shape index (κ2) is 50.8. The van der Waals surface area contributed by atoms with Crippen LogP contribution in [0.15, 0.2) is 12.2 Å². The lowest BCUT2D eigenvalue weighted by molar-refractivity contribution is -0.167. The van der Waals surface area contributed by atoms with E-state index >= 15 is 0 Å². The molecular weight excluding hydrogens is 757 g/mol. The summed E-state index contributed by atoms with van der Waals surface area (Å²) < 4.78 is 16.8. The summed E-state index contributed by atoms with van der Waals surface area (Å²) in [5.74, 6) is -0.857. The zero-order valence-electron chi connectivity index (χ0n) is 41.2. The minimum atomic E-state index is -0.766. The third-order valence-electron chi connectivity index (χ3n) is 12.3. The van der Waals surface area contributed by atoms with Gasteiger partial charge in [0.05, 0.1) is 0 Å². The summed E-state index contributed by atoms with van der Waals surface area (Å²) in [6, 6.07) is 0. The van der Waals surface area contributed by atoms with Gasteiger partial charge in [0.1, 0.15) is 13.2 Å². The minimum absolute atomic E-state index is 0.0671. The van der Waals surface area contributed by atoms with E-state index in [0.29, 0.717) is 19.3 Å². The number of hydrogen-bond acceptors (Lipinski definition) is 6. The standard InChI is InChI=1S/C55H104O6/c1-4-7-10-13-16-19-22-24-26-27-29-31-34-37-40-43-46-49-55(58)61-52(50-59-53(56)47-44-41-38-35-32-21-18-15-12-9-6-3)51-60-54(57)48-45-42-39-36-33-30-28-25-23-20-17-14-11-8-5-2/h25,28,52H,4-24,26-27,29-51H2,1-3H3/b28-25-/t52-/m0/s1. The van der Waals surface area contributed by atoms with E-state index in [0.717, 1.165) is 64.2 Å². The summed E-state index contributed by atoms with van der Waals surface area (Å²) >= 11 is 0. The molecule has 0 aliphatic carbocycles. The van der Waals surface area contributed by atoms with Crippen LogP contribution in [0.5, 0.6) is 0 Å². The summed E-state index contributed by atoms with van der Waals surface area (Å²) in [5, 5.41) is 0. The second-order valence-electron chi connectivity index (χ2n) is 18.5. The molecule has 360 valence electrons. The molecule has 0 aliphatic heterocycles. The first-order valence-electron chi connectivity index (χ1n) is 27.2. The van der Waals surface area contributed by atoms with Gasteiger partial charge in [0.15, 0.2) is 6.10 Å². The van der Waals surface area contributed by atoms with Gasteiger partial charge in [-0.15, -0.1) is 0 Å². The van der Waals surface area contributed by atoms with Gasteiger partial charge in [0, 0.05) is 19.3 Å². The Balaban J connectivity index is 4.31. The molecule has 0 heterocycles. The fourth-order valence-corrected chi connectivity index (χ4v) is 8.14. The number of ether oxygens (including phenoxy) is 3. The molecule has 0 bridgehead atoms. The fraction of sp³-hybridized carbons (Fsp3) is 0.909. The second-order valence-corrected chi connectivity index (χ2v) is 18.5. The molecule has 0 aliphatic rings. The number of rotatable bonds is 50. The topological polar surface area (TPSA) is 78.9 Å². The maximum absolute atomic E-state index is 12.8. The Bertz CT molecular complexity index is 947. The van der Waals surface area contributed by atoms with E-state index in [-0.39, 0.29) is 31.1 Å². The van der Waals surface area contributed by atoms with Crippen molar-refractivity contribution in [2.24, 2.45) is 0 Å². The highest BCUT2D eigenvalue weighted by atomic mass is 16.6. The number of carbonyl (C=O) groups is 3. The van der Waals surface area contributed by atoms with Gasteiger partial charge in [-0.05, 0) is 44.9 Å². The summed E-state index contributed by atoms with van der Waals surface area (Å²) in [4.78, 5) is 38.0. The van der Waals surface area contributed by atoms with Gasteiger partial charge in [-0.25, -0.2) is 0 Å². The Labute approximate surface area is 380 Å². The molecule has 0 spiro atoms. The van der Waals surface area contributed by atoms with Gasteiger partial charge in [0.2, 0.25) is 0 Å². The van der Waals surface area contributed by atoms with Crippen LogP contribution in [0.3, 0.4) is 0 Å². The van der Waals surface area contributed by atoms with Crippen LogP contribution < -0.4 is 0 Å². The van der Waals surface area contributed by atoms with Crippen LogP contribution in [0.2, 0.25) is 0 Å². The number of carbonyl (C=O) groups excluding carboxylic acids is 3. The van der Waals surface area contributed by atoms with Crippen molar-refractivity contribution in [2.75, 3.05) is 13.2 Å². The van der Waals surface area contributed by atoms with Crippen LogP contribution in [0, 0.1) is 0 Å². The van der Waals surface area contributed by atoms with E-state index < -0.39 is 6.10 Å². The smallest absolute Gasteiger partial charge is 0.306 e. The molecular formula is C55H104O6. The summed E-state index contributed by atoms with van der Waals surface area (Å²) in [7, 11) is 0. The lowest BCUT2D eigenvalue weighted by atomic mass is 10.0. The largest absolute Gasteiger partial charge is 0.462 e. The van der Waals surface area contributed by atoms with E-state index in [4.69, 9.17) is 14.2 Å². The number of hydrogen-bond donors (Lipinski definition) is 0. The van der Waals surface area contributed by atoms with E-state index in [2.05, 4.69) is 32.9 Å². The normalized spacial score (nSPS) is 12.0. The van der Waals surface area contributed by atoms with Crippen molar-refractivity contribution < 1.29 is 28.6 Å². The van der Waals surface area contributed by atoms with Gasteiger partial charge in [-0.2, -0.15) is 0 Å². The molecule has 0 N–H and O–H groups in total. The summed E-state index contributed by atoms with van der Waals surface area (Å²) in [6.07, 6.45) is 56.2. The van der Waals surface area contributed by atoms with Crippen LogP contribution in [-0.4, -0.2) is 37.2 Å². The Morgan fingerprint density at radius 3 is 0.820 bits per heavy atom. The molecule has 0 radical (unpaired) electrons. The van der Waals surface area contributed by atoms with Crippen LogP contribution in [0.25, 0.3) is 0 Å². The quantitative estimate of drug-likeness (QED) is 0.0262. The average molecular weight is 861 g/mol. The molecule has 0 aromatic heterocycles. The zero-order chi connectivity index (χ0) is 44.4. The highest BCUT2D eigenvalue weighted by Gasteiger charge is 2.19. The van der Waals surface area contributed by atoms with Crippen molar-refractivity contribution in [3.8, 4) is 0 Å². The van der Waals surface area contributed by atoms with Crippen molar-refractivity contribution in [3.63, 3.8) is 0 Å². The Morgan fingerprint density at radius 1 is 0.311 bits per heavy atom. The molecule has 0 fully saturated rings. The minimum Gasteiger partial charge on any atom is -0.462 e. The molecule has 0 unspecified atom stereocenters. The maximum Gasteiger partial charge on any atom is 0.306 e. The van der Waals surface area contributed by atoms with E-state index in [1.54, 1.807) is 0 Å². The number of esters is 3. The lowest BCUT2D eigenvalue weighted by Gasteiger charge is -2.18. The van der Waals surface area contributed by atoms with Gasteiger partial charge >= 0.3 is 17.9 Å².